The predicted molar refractivity (Wildman–Crippen MR) is 140 cm³/mol. The number of hydrogen-bond acceptors (Lipinski definition) is 6. The van der Waals surface area contributed by atoms with Crippen LogP contribution in [0.4, 0.5) is 24.7 Å². The van der Waals surface area contributed by atoms with Gasteiger partial charge in [-0.15, -0.1) is 0 Å². The lowest BCUT2D eigenvalue weighted by Gasteiger charge is -2.26. The lowest BCUT2D eigenvalue weighted by atomic mass is 9.84. The number of rotatable bonds is 6. The van der Waals surface area contributed by atoms with E-state index in [0.29, 0.717) is 18.8 Å². The summed E-state index contributed by atoms with van der Waals surface area (Å²) < 4.78 is 40.9. The number of alkyl halides is 3. The number of aromatic nitrogens is 1. The molecule has 1 atom stereocenters. The van der Waals surface area contributed by atoms with Crippen LogP contribution in [0, 0.1) is 5.92 Å². The van der Waals surface area contributed by atoms with Crippen molar-refractivity contribution >= 4 is 29.0 Å². The molecule has 0 fully saturated rings. The summed E-state index contributed by atoms with van der Waals surface area (Å²) in [6, 6.07) is 9.78. The first-order valence-electron chi connectivity index (χ1n) is 12.2. The molecule has 2 aliphatic heterocycles. The van der Waals surface area contributed by atoms with Crippen molar-refractivity contribution in [2.45, 2.75) is 51.9 Å². The minimum Gasteiger partial charge on any atom is -0.369 e. The number of primary amides is 1. The van der Waals surface area contributed by atoms with Gasteiger partial charge in [0, 0.05) is 42.9 Å². The number of aliphatic imine (C=N–C) groups is 2. The molecule has 10 heteroatoms. The van der Waals surface area contributed by atoms with Crippen LogP contribution in [0.1, 0.15) is 45.2 Å². The molecule has 2 aromatic rings. The largest absolute Gasteiger partial charge is 0.419 e. The second-order valence-corrected chi connectivity index (χ2v) is 10.0. The summed E-state index contributed by atoms with van der Waals surface area (Å²) in [6.45, 7) is 8.13. The van der Waals surface area contributed by atoms with E-state index in [1.165, 1.54) is 12.3 Å². The van der Waals surface area contributed by atoms with Crippen LogP contribution in [-0.4, -0.2) is 41.7 Å². The Morgan fingerprint density at radius 2 is 1.86 bits per heavy atom. The number of halogens is 3. The molecule has 3 N–H and O–H groups in total. The van der Waals surface area contributed by atoms with Gasteiger partial charge in [-0.2, -0.15) is 13.2 Å². The molecule has 0 bridgehead atoms. The Balaban J connectivity index is 1.63. The van der Waals surface area contributed by atoms with Crippen molar-refractivity contribution in [3.63, 3.8) is 0 Å². The monoisotopic (exact) mass is 512 g/mol. The third kappa shape index (κ3) is 5.52. The highest BCUT2D eigenvalue weighted by molar-refractivity contribution is 6.11. The number of nitrogens with one attached hydrogen (secondary N) is 1. The number of fused-ring (bicyclic) bond motifs is 1. The summed E-state index contributed by atoms with van der Waals surface area (Å²) in [5.41, 5.74) is 7.19. The number of nitrogens with two attached hydrogens (primary N) is 1. The van der Waals surface area contributed by atoms with Gasteiger partial charge in [-0.3, -0.25) is 4.79 Å². The standard InChI is InChI=1S/C27H31F3N6O/c1-16(2)22-34-21-12-15-36(24-20(27(28,29)30)6-5-13-32-24)14-11-19(21)23(35-22)33-18-9-7-17(8-10-18)26(3,4)25(31)37/h5-11,13,16,23,33H,12,14-15H2,1-4H3,(H2,31,37). The number of amidine groups is 1. The van der Waals surface area contributed by atoms with Crippen molar-refractivity contribution in [1.29, 1.82) is 0 Å². The highest BCUT2D eigenvalue weighted by Crippen LogP contribution is 2.36. The number of hydrogen-bond donors (Lipinski definition) is 2. The van der Waals surface area contributed by atoms with Gasteiger partial charge in [0.2, 0.25) is 5.91 Å². The molecule has 196 valence electrons. The van der Waals surface area contributed by atoms with Crippen LogP contribution in [0.2, 0.25) is 0 Å². The summed E-state index contributed by atoms with van der Waals surface area (Å²) in [7, 11) is 0. The fourth-order valence-electron chi connectivity index (χ4n) is 4.30. The molecule has 4 rings (SSSR count). The molecular weight excluding hydrogens is 481 g/mol. The van der Waals surface area contributed by atoms with Crippen LogP contribution < -0.4 is 16.0 Å². The Morgan fingerprint density at radius 3 is 2.49 bits per heavy atom. The molecular formula is C27H31F3N6O. The minimum atomic E-state index is -4.50. The van der Waals surface area contributed by atoms with E-state index in [0.717, 1.165) is 28.6 Å². The molecule has 2 aliphatic rings. The zero-order chi connectivity index (χ0) is 27.0. The lowest BCUT2D eigenvalue weighted by Crippen LogP contribution is -2.35. The lowest BCUT2D eigenvalue weighted by molar-refractivity contribution is -0.137. The second-order valence-electron chi connectivity index (χ2n) is 10.0. The molecule has 1 aromatic carbocycles. The maximum absolute atomic E-state index is 13.6. The number of carbonyl (C=O) groups excluding carboxylic acids is 1. The summed E-state index contributed by atoms with van der Waals surface area (Å²) in [6.07, 6.45) is -1.24. The van der Waals surface area contributed by atoms with Gasteiger partial charge in [0.15, 0.2) is 0 Å². The highest BCUT2D eigenvalue weighted by Gasteiger charge is 2.36. The number of carbonyl (C=O) groups is 1. The number of benzene rings is 1. The maximum atomic E-state index is 13.6. The van der Waals surface area contributed by atoms with Gasteiger partial charge in [0.1, 0.15) is 17.8 Å². The van der Waals surface area contributed by atoms with Gasteiger partial charge in [-0.1, -0.05) is 32.1 Å². The molecule has 37 heavy (non-hydrogen) atoms. The minimum absolute atomic E-state index is 0.0732. The van der Waals surface area contributed by atoms with E-state index >= 15 is 0 Å². The van der Waals surface area contributed by atoms with Gasteiger partial charge in [0.25, 0.3) is 0 Å². The van der Waals surface area contributed by atoms with Gasteiger partial charge < -0.3 is 16.0 Å². The quantitative estimate of drug-likeness (QED) is 0.573. The SMILES string of the molecule is CC(C)C1=NC(Nc2ccc(C(C)(C)C(N)=O)cc2)C2=CCN(c3ncccc3C(F)(F)F)CCC2=N1. The first-order chi connectivity index (χ1) is 17.4. The van der Waals surface area contributed by atoms with E-state index < -0.39 is 29.2 Å². The average molecular weight is 513 g/mol. The molecule has 1 unspecified atom stereocenters. The van der Waals surface area contributed by atoms with Crippen molar-refractivity contribution < 1.29 is 18.0 Å². The van der Waals surface area contributed by atoms with Gasteiger partial charge in [-0.25, -0.2) is 15.0 Å². The fraction of sp³-hybridized carbons (Fsp3) is 0.407. The number of pyridine rings is 1. The third-order valence-corrected chi connectivity index (χ3v) is 6.72. The molecule has 3 heterocycles. The van der Waals surface area contributed by atoms with Crippen molar-refractivity contribution in [1.82, 2.24) is 4.98 Å². The molecule has 0 saturated carbocycles. The summed E-state index contributed by atoms with van der Waals surface area (Å²) in [5, 5.41) is 3.42. The summed E-state index contributed by atoms with van der Waals surface area (Å²) in [5.74, 6) is 0.248. The first-order valence-corrected chi connectivity index (χ1v) is 12.2. The Morgan fingerprint density at radius 1 is 1.16 bits per heavy atom. The zero-order valence-corrected chi connectivity index (χ0v) is 21.3. The number of nitrogens with zero attached hydrogens (tertiary/aromatic N) is 4. The molecule has 7 nitrogen and oxygen atoms in total. The average Bonchev–Trinajstić information content (AvgIpc) is 3.06. The van der Waals surface area contributed by atoms with E-state index in [1.807, 2.05) is 44.2 Å². The Labute approximate surface area is 214 Å². The summed E-state index contributed by atoms with van der Waals surface area (Å²) >= 11 is 0. The molecule has 1 amide bonds. The smallest absolute Gasteiger partial charge is 0.369 e. The van der Waals surface area contributed by atoms with Crippen LogP contribution in [0.5, 0.6) is 0 Å². The predicted octanol–water partition coefficient (Wildman–Crippen LogP) is 4.95. The Hall–Kier alpha value is -3.69. The molecule has 0 spiro atoms. The maximum Gasteiger partial charge on any atom is 0.419 e. The van der Waals surface area contributed by atoms with E-state index in [4.69, 9.17) is 15.7 Å². The zero-order valence-electron chi connectivity index (χ0n) is 21.3. The van der Waals surface area contributed by atoms with E-state index in [9.17, 15) is 18.0 Å². The van der Waals surface area contributed by atoms with Crippen molar-refractivity contribution in [3.8, 4) is 0 Å². The van der Waals surface area contributed by atoms with Crippen molar-refractivity contribution in [3.05, 3.63) is 65.4 Å². The van der Waals surface area contributed by atoms with Gasteiger partial charge in [-0.05, 0) is 43.7 Å². The number of anilines is 2. The van der Waals surface area contributed by atoms with E-state index in [1.54, 1.807) is 18.7 Å². The molecule has 0 radical (unpaired) electrons. The van der Waals surface area contributed by atoms with Crippen LogP contribution in [0.3, 0.4) is 0 Å². The summed E-state index contributed by atoms with van der Waals surface area (Å²) in [4.78, 5) is 27.1. The second kappa shape index (κ2) is 9.99. The van der Waals surface area contributed by atoms with Crippen molar-refractivity contribution in [2.75, 3.05) is 23.3 Å². The Bertz CT molecular complexity index is 1260. The normalized spacial score (nSPS) is 18.4. The van der Waals surface area contributed by atoms with Crippen LogP contribution in [0.25, 0.3) is 0 Å². The molecule has 0 aliphatic carbocycles. The van der Waals surface area contributed by atoms with Crippen LogP contribution in [0.15, 0.2) is 64.2 Å². The van der Waals surface area contributed by atoms with E-state index in [-0.39, 0.29) is 18.3 Å². The van der Waals surface area contributed by atoms with E-state index in [2.05, 4.69) is 10.3 Å². The molecule has 1 aromatic heterocycles. The number of amides is 1. The van der Waals surface area contributed by atoms with Gasteiger partial charge in [0.05, 0.1) is 16.7 Å². The Kier molecular flexibility index (Phi) is 7.12. The topological polar surface area (TPSA) is 96.0 Å². The van der Waals surface area contributed by atoms with Gasteiger partial charge >= 0.3 is 6.18 Å². The van der Waals surface area contributed by atoms with Crippen LogP contribution in [-0.2, 0) is 16.4 Å². The highest BCUT2D eigenvalue weighted by atomic mass is 19.4. The fourth-order valence-corrected chi connectivity index (χ4v) is 4.30. The van der Waals surface area contributed by atoms with Crippen molar-refractivity contribution in [2.24, 2.45) is 21.6 Å². The van der Waals surface area contributed by atoms with Crippen LogP contribution >= 0.6 is 0 Å². The third-order valence-electron chi connectivity index (χ3n) is 6.72. The first kappa shape index (κ1) is 26.4. The molecule has 0 saturated heterocycles.